The number of anilines is 1. The fraction of sp³-hybridized carbons (Fsp3) is 0.185. The first-order valence-electron chi connectivity index (χ1n) is 10.5. The van der Waals surface area contributed by atoms with Crippen LogP contribution >= 0.6 is 15.9 Å². The Labute approximate surface area is 196 Å². The van der Waals surface area contributed by atoms with Gasteiger partial charge in [-0.15, -0.1) is 0 Å². The molecule has 0 unspecified atom stereocenters. The number of carbonyl (C=O) groups is 1. The van der Waals surface area contributed by atoms with E-state index in [2.05, 4.69) is 35.8 Å². The highest BCUT2D eigenvalue weighted by Gasteiger charge is 2.32. The molecule has 0 radical (unpaired) electrons. The van der Waals surface area contributed by atoms with Gasteiger partial charge in [-0.05, 0) is 42.3 Å². The molecule has 0 fully saturated rings. The van der Waals surface area contributed by atoms with Crippen molar-refractivity contribution in [3.8, 4) is 11.8 Å². The van der Waals surface area contributed by atoms with Crippen molar-refractivity contribution in [1.82, 2.24) is 0 Å². The minimum absolute atomic E-state index is 0.000603. The van der Waals surface area contributed by atoms with Crippen molar-refractivity contribution in [2.75, 3.05) is 11.4 Å². The Bertz CT molecular complexity index is 1240. The number of halogens is 1. The van der Waals surface area contributed by atoms with Gasteiger partial charge in [-0.3, -0.25) is 4.79 Å². The number of hydrogen-bond donors (Lipinski definition) is 0. The summed E-state index contributed by atoms with van der Waals surface area (Å²) in [5, 5.41) is 9.34. The van der Waals surface area contributed by atoms with Gasteiger partial charge in [0.25, 0.3) is 5.91 Å². The molecular weight excluding hydrogens is 464 g/mol. The van der Waals surface area contributed by atoms with Crippen LogP contribution in [0.25, 0.3) is 11.6 Å². The molecule has 5 heteroatoms. The molecule has 0 N–H and O–H groups in total. The molecule has 1 amide bonds. The Balaban J connectivity index is 1.70. The van der Waals surface area contributed by atoms with Gasteiger partial charge >= 0.3 is 0 Å². The van der Waals surface area contributed by atoms with Gasteiger partial charge in [0, 0.05) is 33.3 Å². The fourth-order valence-corrected chi connectivity index (χ4v) is 4.20. The van der Waals surface area contributed by atoms with E-state index in [4.69, 9.17) is 4.74 Å². The van der Waals surface area contributed by atoms with Crippen molar-refractivity contribution < 1.29 is 9.53 Å². The van der Waals surface area contributed by atoms with E-state index < -0.39 is 0 Å². The predicted octanol–water partition coefficient (Wildman–Crippen LogP) is 6.44. The standard InChI is InChI=1S/C27H23BrN2O2/c1-18(2)16-30-25-10-6-5-9-23(25)24(27(30)31)14-21-13-22(28)11-12-26(21)32-17-20-8-4-3-7-19(20)15-29/h3-14,18H,16-17H2,1-2H3/b24-14-. The van der Waals surface area contributed by atoms with E-state index in [0.717, 1.165) is 26.9 Å². The number of carbonyl (C=O) groups excluding carboxylic acids is 1. The van der Waals surface area contributed by atoms with Crippen LogP contribution in [0.2, 0.25) is 0 Å². The van der Waals surface area contributed by atoms with E-state index in [0.29, 0.717) is 29.3 Å². The van der Waals surface area contributed by atoms with Gasteiger partial charge < -0.3 is 9.64 Å². The maximum atomic E-state index is 13.3. The van der Waals surface area contributed by atoms with E-state index >= 15 is 0 Å². The van der Waals surface area contributed by atoms with Gasteiger partial charge in [-0.2, -0.15) is 5.26 Å². The van der Waals surface area contributed by atoms with Crippen molar-refractivity contribution in [1.29, 1.82) is 5.26 Å². The van der Waals surface area contributed by atoms with E-state index in [-0.39, 0.29) is 12.5 Å². The van der Waals surface area contributed by atoms with E-state index in [1.807, 2.05) is 71.6 Å². The van der Waals surface area contributed by atoms with Crippen molar-refractivity contribution in [2.45, 2.75) is 20.5 Å². The smallest absolute Gasteiger partial charge is 0.259 e. The van der Waals surface area contributed by atoms with Crippen LogP contribution in [0.1, 0.15) is 36.1 Å². The molecule has 32 heavy (non-hydrogen) atoms. The second-order valence-corrected chi connectivity index (χ2v) is 9.04. The fourth-order valence-electron chi connectivity index (χ4n) is 3.82. The largest absolute Gasteiger partial charge is 0.488 e. The number of nitriles is 1. The maximum Gasteiger partial charge on any atom is 0.259 e. The molecule has 4 rings (SSSR count). The highest BCUT2D eigenvalue weighted by Crippen LogP contribution is 2.39. The van der Waals surface area contributed by atoms with Crippen molar-refractivity contribution in [3.05, 3.63) is 93.5 Å². The molecule has 4 nitrogen and oxygen atoms in total. The Hall–Kier alpha value is -3.36. The molecule has 0 atom stereocenters. The second-order valence-electron chi connectivity index (χ2n) is 8.12. The van der Waals surface area contributed by atoms with Gasteiger partial charge in [-0.25, -0.2) is 0 Å². The Morgan fingerprint density at radius 3 is 2.62 bits per heavy atom. The van der Waals surface area contributed by atoms with Crippen LogP contribution in [-0.2, 0) is 11.4 Å². The minimum Gasteiger partial charge on any atom is -0.488 e. The third-order valence-electron chi connectivity index (χ3n) is 5.30. The zero-order chi connectivity index (χ0) is 22.7. The molecule has 0 spiro atoms. The molecule has 1 aliphatic rings. The predicted molar refractivity (Wildman–Crippen MR) is 131 cm³/mol. The first-order valence-corrected chi connectivity index (χ1v) is 11.3. The molecule has 0 aliphatic carbocycles. The Kier molecular flexibility index (Phi) is 6.43. The van der Waals surface area contributed by atoms with Gasteiger partial charge in [0.15, 0.2) is 0 Å². The van der Waals surface area contributed by atoms with Gasteiger partial charge in [0.2, 0.25) is 0 Å². The number of rotatable bonds is 6. The quantitative estimate of drug-likeness (QED) is 0.376. The van der Waals surface area contributed by atoms with Crippen LogP contribution in [-0.4, -0.2) is 12.5 Å². The SMILES string of the molecule is CC(C)CN1C(=O)/C(=C\c2cc(Br)ccc2OCc2ccccc2C#N)c2ccccc21. The van der Waals surface area contributed by atoms with Crippen molar-refractivity contribution in [3.63, 3.8) is 0 Å². The second kappa shape index (κ2) is 9.42. The third-order valence-corrected chi connectivity index (χ3v) is 5.79. The van der Waals surface area contributed by atoms with Gasteiger partial charge in [-0.1, -0.05) is 66.2 Å². The normalized spacial score (nSPS) is 14.0. The summed E-state index contributed by atoms with van der Waals surface area (Å²) in [4.78, 5) is 15.2. The number of amides is 1. The van der Waals surface area contributed by atoms with Crippen molar-refractivity contribution >= 4 is 39.2 Å². The lowest BCUT2D eigenvalue weighted by Gasteiger charge is -2.19. The molecule has 0 aromatic heterocycles. The van der Waals surface area contributed by atoms with E-state index in [1.165, 1.54) is 0 Å². The lowest BCUT2D eigenvalue weighted by atomic mass is 10.0. The number of nitrogens with zero attached hydrogens (tertiary/aromatic N) is 2. The molecule has 0 bridgehead atoms. The summed E-state index contributed by atoms with van der Waals surface area (Å²) in [6.45, 7) is 5.15. The van der Waals surface area contributed by atoms with Crippen LogP contribution < -0.4 is 9.64 Å². The summed E-state index contributed by atoms with van der Waals surface area (Å²) in [7, 11) is 0. The Morgan fingerprint density at radius 1 is 1.09 bits per heavy atom. The molecule has 1 aliphatic heterocycles. The van der Waals surface area contributed by atoms with Crippen LogP contribution in [0.3, 0.4) is 0 Å². The molecule has 3 aromatic rings. The topological polar surface area (TPSA) is 53.3 Å². The summed E-state index contributed by atoms with van der Waals surface area (Å²) in [5.41, 5.74) is 4.74. The number of fused-ring (bicyclic) bond motifs is 1. The monoisotopic (exact) mass is 486 g/mol. The first-order chi connectivity index (χ1) is 15.5. The zero-order valence-electron chi connectivity index (χ0n) is 18.0. The zero-order valence-corrected chi connectivity index (χ0v) is 19.6. The minimum atomic E-state index is 0.000603. The van der Waals surface area contributed by atoms with Gasteiger partial charge in [0.05, 0.1) is 17.3 Å². The van der Waals surface area contributed by atoms with Crippen LogP contribution in [0, 0.1) is 17.2 Å². The summed E-state index contributed by atoms with van der Waals surface area (Å²) >= 11 is 3.53. The summed E-state index contributed by atoms with van der Waals surface area (Å²) in [6.07, 6.45) is 1.90. The lowest BCUT2D eigenvalue weighted by molar-refractivity contribution is -0.113. The average molecular weight is 487 g/mol. The lowest BCUT2D eigenvalue weighted by Crippen LogP contribution is -2.30. The number of hydrogen-bond acceptors (Lipinski definition) is 3. The molecule has 160 valence electrons. The first kappa shape index (κ1) is 21.9. The molecule has 1 heterocycles. The highest BCUT2D eigenvalue weighted by molar-refractivity contribution is 9.10. The van der Waals surface area contributed by atoms with Crippen molar-refractivity contribution in [2.24, 2.45) is 5.92 Å². The van der Waals surface area contributed by atoms with Crippen LogP contribution in [0.15, 0.2) is 71.2 Å². The van der Waals surface area contributed by atoms with Crippen LogP contribution in [0.5, 0.6) is 5.75 Å². The number of benzene rings is 3. The summed E-state index contributed by atoms with van der Waals surface area (Å²) in [6, 6.07) is 23.2. The average Bonchev–Trinajstić information content (AvgIpc) is 3.04. The highest BCUT2D eigenvalue weighted by atomic mass is 79.9. The molecule has 0 saturated heterocycles. The number of para-hydroxylation sites is 1. The van der Waals surface area contributed by atoms with E-state index in [9.17, 15) is 10.1 Å². The summed E-state index contributed by atoms with van der Waals surface area (Å²) in [5.74, 6) is 1.01. The maximum absolute atomic E-state index is 13.3. The Morgan fingerprint density at radius 2 is 1.84 bits per heavy atom. The van der Waals surface area contributed by atoms with E-state index in [1.54, 1.807) is 6.07 Å². The molecule has 3 aromatic carbocycles. The number of ether oxygens (including phenoxy) is 1. The molecule has 0 saturated carbocycles. The van der Waals surface area contributed by atoms with Gasteiger partial charge in [0.1, 0.15) is 12.4 Å². The third kappa shape index (κ3) is 4.46. The summed E-state index contributed by atoms with van der Waals surface area (Å²) < 4.78 is 7.00. The molecular formula is C27H23BrN2O2. The van der Waals surface area contributed by atoms with Crippen LogP contribution in [0.4, 0.5) is 5.69 Å².